The number of ether oxygens (including phenoxy) is 2. The summed E-state index contributed by atoms with van der Waals surface area (Å²) >= 11 is 0. The van der Waals surface area contributed by atoms with Crippen LogP contribution in [0, 0.1) is 0 Å². The van der Waals surface area contributed by atoms with Crippen molar-refractivity contribution in [1.82, 2.24) is 4.90 Å². The summed E-state index contributed by atoms with van der Waals surface area (Å²) in [7, 11) is 3.08. The Hall–Kier alpha value is -3.06. The second-order valence-electron chi connectivity index (χ2n) is 7.18. The Morgan fingerprint density at radius 3 is 2.28 bits per heavy atom. The summed E-state index contributed by atoms with van der Waals surface area (Å²) in [6, 6.07) is 14.9. The van der Waals surface area contributed by atoms with Crippen molar-refractivity contribution < 1.29 is 19.1 Å². The van der Waals surface area contributed by atoms with Gasteiger partial charge in [0, 0.05) is 37.9 Å². The average Bonchev–Trinajstić information content (AvgIpc) is 3.07. The zero-order valence-corrected chi connectivity index (χ0v) is 16.7. The molecule has 152 valence electrons. The second kappa shape index (κ2) is 8.13. The molecule has 0 bridgehead atoms. The highest BCUT2D eigenvalue weighted by Gasteiger charge is 2.44. The summed E-state index contributed by atoms with van der Waals surface area (Å²) in [5.74, 6) is 0.666. The van der Waals surface area contributed by atoms with E-state index >= 15 is 0 Å². The maximum absolute atomic E-state index is 13.2. The Morgan fingerprint density at radius 2 is 1.62 bits per heavy atom. The normalized spacial score (nSPS) is 20.3. The first-order valence-electron chi connectivity index (χ1n) is 9.75. The van der Waals surface area contributed by atoms with Crippen LogP contribution >= 0.6 is 0 Å². The van der Waals surface area contributed by atoms with E-state index in [1.807, 2.05) is 18.2 Å². The number of hydrogen-bond donors (Lipinski definition) is 0. The Balaban J connectivity index is 1.48. The number of piperazine rings is 1. The second-order valence-corrected chi connectivity index (χ2v) is 7.18. The lowest BCUT2D eigenvalue weighted by atomic mass is 10.1. The number of nitrogens with zero attached hydrogens (tertiary/aromatic N) is 3. The summed E-state index contributed by atoms with van der Waals surface area (Å²) < 4.78 is 10.6. The summed E-state index contributed by atoms with van der Waals surface area (Å²) in [5, 5.41) is 0. The molecule has 4 rings (SSSR count). The number of hydrogen-bond acceptors (Lipinski definition) is 6. The molecule has 2 aliphatic rings. The molecule has 0 unspecified atom stereocenters. The van der Waals surface area contributed by atoms with Gasteiger partial charge >= 0.3 is 0 Å². The van der Waals surface area contributed by atoms with E-state index in [-0.39, 0.29) is 18.2 Å². The minimum absolute atomic E-state index is 0.188. The number of anilines is 2. The van der Waals surface area contributed by atoms with Gasteiger partial charge < -0.3 is 14.4 Å². The molecule has 0 spiro atoms. The van der Waals surface area contributed by atoms with E-state index in [1.54, 1.807) is 25.3 Å². The number of methoxy groups -OCH3 is 2. The molecule has 2 fully saturated rings. The first-order valence-corrected chi connectivity index (χ1v) is 9.75. The molecule has 0 aliphatic carbocycles. The minimum Gasteiger partial charge on any atom is -0.497 e. The Morgan fingerprint density at radius 1 is 0.897 bits per heavy atom. The quantitative estimate of drug-likeness (QED) is 0.723. The number of carbonyl (C=O) groups is 2. The molecule has 2 saturated heterocycles. The molecule has 0 aromatic heterocycles. The summed E-state index contributed by atoms with van der Waals surface area (Å²) in [4.78, 5) is 31.6. The first-order chi connectivity index (χ1) is 14.1. The Bertz CT molecular complexity index is 894. The lowest BCUT2D eigenvalue weighted by Gasteiger charge is -2.38. The standard InChI is InChI=1S/C22H25N3O4/c1-28-17-8-9-18(20(14-17)29-2)25-21(26)15-19(22(25)27)24-12-10-23(11-13-24)16-6-4-3-5-7-16/h3-9,14,19H,10-13,15H2,1-2H3/t19-/m1/s1. The number of para-hydroxylation sites is 1. The molecule has 7 nitrogen and oxygen atoms in total. The van der Waals surface area contributed by atoms with Crippen LogP contribution in [-0.2, 0) is 9.59 Å². The van der Waals surface area contributed by atoms with Crippen molar-refractivity contribution >= 4 is 23.2 Å². The third-order valence-corrected chi connectivity index (χ3v) is 5.63. The zero-order valence-electron chi connectivity index (χ0n) is 16.7. The summed E-state index contributed by atoms with van der Waals surface area (Å²) in [6.07, 6.45) is 0.194. The molecule has 0 saturated carbocycles. The molecule has 1 atom stereocenters. The molecular weight excluding hydrogens is 370 g/mol. The fourth-order valence-electron chi connectivity index (χ4n) is 4.05. The van der Waals surface area contributed by atoms with Crippen LogP contribution in [-0.4, -0.2) is 63.2 Å². The largest absolute Gasteiger partial charge is 0.497 e. The van der Waals surface area contributed by atoms with Crippen LogP contribution in [0.5, 0.6) is 11.5 Å². The third kappa shape index (κ3) is 3.65. The van der Waals surface area contributed by atoms with E-state index in [0.717, 1.165) is 26.2 Å². The molecule has 2 heterocycles. The lowest BCUT2D eigenvalue weighted by Crippen LogP contribution is -2.52. The molecule has 2 aromatic rings. The molecular formula is C22H25N3O4. The van der Waals surface area contributed by atoms with Gasteiger partial charge in [-0.3, -0.25) is 14.5 Å². The highest BCUT2D eigenvalue weighted by atomic mass is 16.5. The van der Waals surface area contributed by atoms with E-state index in [2.05, 4.69) is 21.9 Å². The van der Waals surface area contributed by atoms with E-state index in [0.29, 0.717) is 17.2 Å². The maximum Gasteiger partial charge on any atom is 0.251 e. The van der Waals surface area contributed by atoms with Gasteiger partial charge in [0.15, 0.2) is 0 Å². The van der Waals surface area contributed by atoms with Gasteiger partial charge in [0.05, 0.1) is 32.4 Å². The SMILES string of the molecule is COc1ccc(N2C(=O)C[C@@H](N3CCN(c4ccccc4)CC3)C2=O)c(OC)c1. The van der Waals surface area contributed by atoms with Gasteiger partial charge in [0.1, 0.15) is 11.5 Å². The van der Waals surface area contributed by atoms with Crippen molar-refractivity contribution in [2.24, 2.45) is 0 Å². The monoisotopic (exact) mass is 395 g/mol. The van der Waals surface area contributed by atoms with Crippen molar-refractivity contribution in [2.45, 2.75) is 12.5 Å². The van der Waals surface area contributed by atoms with E-state index in [4.69, 9.17) is 9.47 Å². The number of rotatable bonds is 5. The predicted octanol–water partition coefficient (Wildman–Crippen LogP) is 2.16. The predicted molar refractivity (Wildman–Crippen MR) is 111 cm³/mol. The van der Waals surface area contributed by atoms with Crippen molar-refractivity contribution in [2.75, 3.05) is 50.2 Å². The summed E-state index contributed by atoms with van der Waals surface area (Å²) in [5.41, 5.74) is 1.65. The van der Waals surface area contributed by atoms with Gasteiger partial charge in [-0.15, -0.1) is 0 Å². The number of benzene rings is 2. The first kappa shape index (κ1) is 19.3. The van der Waals surface area contributed by atoms with Crippen LogP contribution in [0.4, 0.5) is 11.4 Å². The van der Waals surface area contributed by atoms with Crippen LogP contribution in [0.2, 0.25) is 0 Å². The van der Waals surface area contributed by atoms with Gasteiger partial charge in [0.25, 0.3) is 5.91 Å². The molecule has 0 radical (unpaired) electrons. The number of amides is 2. The van der Waals surface area contributed by atoms with E-state index in [1.165, 1.54) is 17.7 Å². The van der Waals surface area contributed by atoms with Crippen LogP contribution < -0.4 is 19.3 Å². The third-order valence-electron chi connectivity index (χ3n) is 5.63. The lowest BCUT2D eigenvalue weighted by molar-refractivity contribution is -0.123. The van der Waals surface area contributed by atoms with Crippen LogP contribution in [0.3, 0.4) is 0 Å². The topological polar surface area (TPSA) is 62.3 Å². The van der Waals surface area contributed by atoms with Crippen LogP contribution in [0.15, 0.2) is 48.5 Å². The highest BCUT2D eigenvalue weighted by molar-refractivity contribution is 6.23. The molecule has 2 aromatic carbocycles. The maximum atomic E-state index is 13.2. The van der Waals surface area contributed by atoms with Crippen molar-refractivity contribution in [3.63, 3.8) is 0 Å². The average molecular weight is 395 g/mol. The Kier molecular flexibility index (Phi) is 5.40. The van der Waals surface area contributed by atoms with Crippen LogP contribution in [0.25, 0.3) is 0 Å². The molecule has 7 heteroatoms. The van der Waals surface area contributed by atoms with Gasteiger partial charge in [0.2, 0.25) is 5.91 Å². The van der Waals surface area contributed by atoms with Gasteiger partial charge in [-0.25, -0.2) is 4.90 Å². The van der Waals surface area contributed by atoms with Gasteiger partial charge in [-0.2, -0.15) is 0 Å². The van der Waals surface area contributed by atoms with E-state index < -0.39 is 6.04 Å². The van der Waals surface area contributed by atoms with Crippen molar-refractivity contribution in [1.29, 1.82) is 0 Å². The number of carbonyl (C=O) groups excluding carboxylic acids is 2. The van der Waals surface area contributed by atoms with Gasteiger partial charge in [-0.05, 0) is 24.3 Å². The molecule has 2 aliphatic heterocycles. The zero-order chi connectivity index (χ0) is 20.4. The summed E-state index contributed by atoms with van der Waals surface area (Å²) in [6.45, 7) is 3.14. The van der Waals surface area contributed by atoms with E-state index in [9.17, 15) is 9.59 Å². The fourth-order valence-corrected chi connectivity index (χ4v) is 4.05. The molecule has 2 amide bonds. The van der Waals surface area contributed by atoms with Crippen LogP contribution in [0.1, 0.15) is 6.42 Å². The van der Waals surface area contributed by atoms with Crippen molar-refractivity contribution in [3.8, 4) is 11.5 Å². The molecule has 29 heavy (non-hydrogen) atoms. The van der Waals surface area contributed by atoms with Crippen molar-refractivity contribution in [3.05, 3.63) is 48.5 Å². The highest BCUT2D eigenvalue weighted by Crippen LogP contribution is 2.36. The smallest absolute Gasteiger partial charge is 0.251 e. The number of imide groups is 1. The Labute approximate surface area is 170 Å². The van der Waals surface area contributed by atoms with Gasteiger partial charge in [-0.1, -0.05) is 18.2 Å². The fraction of sp³-hybridized carbons (Fsp3) is 0.364. The molecule has 0 N–H and O–H groups in total. The minimum atomic E-state index is -0.424.